The van der Waals surface area contributed by atoms with E-state index in [1.54, 1.807) is 36.4 Å². The summed E-state index contributed by atoms with van der Waals surface area (Å²) >= 11 is 5.79. The van der Waals surface area contributed by atoms with Gasteiger partial charge in [0.05, 0.1) is 6.54 Å². The van der Waals surface area contributed by atoms with Gasteiger partial charge in [-0.3, -0.25) is 9.79 Å². The number of ketones is 1. The van der Waals surface area contributed by atoms with Crippen molar-refractivity contribution < 1.29 is 9.18 Å². The first-order chi connectivity index (χ1) is 10.0. The summed E-state index contributed by atoms with van der Waals surface area (Å²) in [5.74, 6) is -0.260. The average molecular weight is 304 g/mol. The lowest BCUT2D eigenvalue weighted by Crippen LogP contribution is -2.05. The minimum absolute atomic E-state index is 0.00650. The highest BCUT2D eigenvalue weighted by atomic mass is 35.5. The molecule has 0 fully saturated rings. The van der Waals surface area contributed by atoms with Crippen molar-refractivity contribution in [1.82, 2.24) is 0 Å². The van der Waals surface area contributed by atoms with Gasteiger partial charge in [0.25, 0.3) is 0 Å². The van der Waals surface area contributed by atoms with Crippen molar-refractivity contribution in [3.05, 3.63) is 70.5 Å². The molecule has 4 heteroatoms. The minimum Gasteiger partial charge on any atom is -0.294 e. The van der Waals surface area contributed by atoms with Crippen LogP contribution in [0, 0.1) is 5.82 Å². The molecule has 0 unspecified atom stereocenters. The van der Waals surface area contributed by atoms with E-state index in [4.69, 9.17) is 11.6 Å². The zero-order chi connectivity index (χ0) is 15.2. The molecule has 108 valence electrons. The Morgan fingerprint density at radius 2 is 1.71 bits per heavy atom. The molecule has 0 aromatic heterocycles. The Bertz CT molecular complexity index is 647. The first-order valence-electron chi connectivity index (χ1n) is 6.58. The van der Waals surface area contributed by atoms with E-state index in [0.29, 0.717) is 17.1 Å². The van der Waals surface area contributed by atoms with Gasteiger partial charge in [0, 0.05) is 22.7 Å². The molecule has 2 aromatic rings. The standard InChI is InChI=1S/C17H15ClFNO/c1-12(20-11-13-2-8-16(19)9-3-13)10-17(21)14-4-6-15(18)7-5-14/h2-9H,10-11H2,1H3. The van der Waals surface area contributed by atoms with E-state index in [1.807, 2.05) is 6.92 Å². The first-order valence-corrected chi connectivity index (χ1v) is 6.95. The maximum absolute atomic E-state index is 12.8. The van der Waals surface area contributed by atoms with Crippen molar-refractivity contribution in [3.63, 3.8) is 0 Å². The lowest BCUT2D eigenvalue weighted by atomic mass is 10.1. The molecule has 0 heterocycles. The van der Waals surface area contributed by atoms with Crippen LogP contribution >= 0.6 is 11.6 Å². The van der Waals surface area contributed by atoms with Gasteiger partial charge in [-0.1, -0.05) is 23.7 Å². The van der Waals surface area contributed by atoms with Crippen molar-refractivity contribution in [2.45, 2.75) is 19.9 Å². The largest absolute Gasteiger partial charge is 0.294 e. The molecule has 0 bridgehead atoms. The lowest BCUT2D eigenvalue weighted by Gasteiger charge is -2.02. The van der Waals surface area contributed by atoms with Crippen molar-refractivity contribution in [2.24, 2.45) is 4.99 Å². The maximum Gasteiger partial charge on any atom is 0.168 e. The Kier molecular flexibility index (Phi) is 5.23. The van der Waals surface area contributed by atoms with Crippen LogP contribution in [0.5, 0.6) is 0 Å². The normalized spacial score (nSPS) is 11.5. The van der Waals surface area contributed by atoms with Crippen molar-refractivity contribution in [2.75, 3.05) is 0 Å². The van der Waals surface area contributed by atoms with Crippen LogP contribution in [-0.4, -0.2) is 11.5 Å². The summed E-state index contributed by atoms with van der Waals surface area (Å²) in [6, 6.07) is 13.0. The number of Topliss-reactive ketones (excluding diaryl/α,β-unsaturated/α-hetero) is 1. The van der Waals surface area contributed by atoms with Crippen LogP contribution < -0.4 is 0 Å². The molecule has 0 radical (unpaired) electrons. The summed E-state index contributed by atoms with van der Waals surface area (Å²) in [5.41, 5.74) is 2.28. The van der Waals surface area contributed by atoms with E-state index in [1.165, 1.54) is 12.1 Å². The summed E-state index contributed by atoms with van der Waals surface area (Å²) in [5, 5.41) is 0.605. The maximum atomic E-state index is 12.8. The molecule has 0 aliphatic heterocycles. The Hall–Kier alpha value is -2.00. The molecule has 2 nitrogen and oxygen atoms in total. The summed E-state index contributed by atoms with van der Waals surface area (Å²) in [6.45, 7) is 2.26. The van der Waals surface area contributed by atoms with E-state index in [0.717, 1.165) is 11.3 Å². The van der Waals surface area contributed by atoms with Crippen LogP contribution in [0.4, 0.5) is 4.39 Å². The third-order valence-corrected chi connectivity index (χ3v) is 3.28. The highest BCUT2D eigenvalue weighted by Crippen LogP contribution is 2.12. The van der Waals surface area contributed by atoms with Crippen LogP contribution in [0.25, 0.3) is 0 Å². The molecule has 0 atom stereocenters. The minimum atomic E-state index is -0.266. The van der Waals surface area contributed by atoms with Crippen molar-refractivity contribution >= 4 is 23.1 Å². The third kappa shape index (κ3) is 4.80. The number of hydrogen-bond acceptors (Lipinski definition) is 2. The van der Waals surface area contributed by atoms with Crippen LogP contribution in [0.15, 0.2) is 53.5 Å². The molecule has 2 rings (SSSR count). The fourth-order valence-corrected chi connectivity index (χ4v) is 1.97. The average Bonchev–Trinajstić information content (AvgIpc) is 2.47. The van der Waals surface area contributed by atoms with Gasteiger partial charge in [-0.05, 0) is 48.9 Å². The molecule has 2 aromatic carbocycles. The fourth-order valence-electron chi connectivity index (χ4n) is 1.84. The highest BCUT2D eigenvalue weighted by molar-refractivity contribution is 6.30. The first kappa shape index (κ1) is 15.4. The Labute approximate surface area is 128 Å². The Balaban J connectivity index is 1.95. The van der Waals surface area contributed by atoms with Gasteiger partial charge < -0.3 is 0 Å². The van der Waals surface area contributed by atoms with Gasteiger partial charge in [0.1, 0.15) is 5.82 Å². The monoisotopic (exact) mass is 303 g/mol. The number of hydrogen-bond donors (Lipinski definition) is 0. The summed E-state index contributed by atoms with van der Waals surface area (Å²) in [7, 11) is 0. The molecule has 0 amide bonds. The summed E-state index contributed by atoms with van der Waals surface area (Å²) in [6.07, 6.45) is 0.267. The second-order valence-electron chi connectivity index (χ2n) is 4.78. The van der Waals surface area contributed by atoms with Gasteiger partial charge in [0.2, 0.25) is 0 Å². The quantitative estimate of drug-likeness (QED) is 0.581. The number of halogens is 2. The zero-order valence-corrected chi connectivity index (χ0v) is 12.4. The number of benzene rings is 2. The van der Waals surface area contributed by atoms with Crippen LogP contribution in [0.3, 0.4) is 0 Å². The highest BCUT2D eigenvalue weighted by Gasteiger charge is 2.07. The van der Waals surface area contributed by atoms with Gasteiger partial charge >= 0.3 is 0 Å². The molecule has 0 saturated heterocycles. The van der Waals surface area contributed by atoms with Gasteiger partial charge in [-0.15, -0.1) is 0 Å². The third-order valence-electron chi connectivity index (χ3n) is 3.03. The molecule has 0 aliphatic rings. The number of aliphatic imine (C=N–C) groups is 1. The second-order valence-corrected chi connectivity index (χ2v) is 5.22. The SMILES string of the molecule is CC(CC(=O)c1ccc(Cl)cc1)=NCc1ccc(F)cc1. The molecular weight excluding hydrogens is 289 g/mol. The van der Waals surface area contributed by atoms with E-state index in [9.17, 15) is 9.18 Å². The van der Waals surface area contributed by atoms with E-state index in [-0.39, 0.29) is 18.0 Å². The smallest absolute Gasteiger partial charge is 0.168 e. The van der Waals surface area contributed by atoms with Crippen LogP contribution in [-0.2, 0) is 6.54 Å². The predicted octanol–water partition coefficient (Wildman–Crippen LogP) is 4.71. The predicted molar refractivity (Wildman–Crippen MR) is 83.6 cm³/mol. The van der Waals surface area contributed by atoms with Gasteiger partial charge in [0.15, 0.2) is 5.78 Å². The van der Waals surface area contributed by atoms with Crippen molar-refractivity contribution in [3.8, 4) is 0 Å². The van der Waals surface area contributed by atoms with E-state index >= 15 is 0 Å². The van der Waals surface area contributed by atoms with E-state index < -0.39 is 0 Å². The van der Waals surface area contributed by atoms with Gasteiger partial charge in [-0.25, -0.2) is 4.39 Å². The molecular formula is C17H15ClFNO. The molecule has 0 spiro atoms. The topological polar surface area (TPSA) is 29.4 Å². The number of nitrogens with zero attached hydrogens (tertiary/aromatic N) is 1. The molecule has 0 N–H and O–H groups in total. The van der Waals surface area contributed by atoms with E-state index in [2.05, 4.69) is 4.99 Å². The number of carbonyl (C=O) groups excluding carboxylic acids is 1. The summed E-state index contributed by atoms with van der Waals surface area (Å²) in [4.78, 5) is 16.4. The zero-order valence-electron chi connectivity index (χ0n) is 11.6. The lowest BCUT2D eigenvalue weighted by molar-refractivity contribution is 0.100. The Morgan fingerprint density at radius 3 is 2.33 bits per heavy atom. The summed E-state index contributed by atoms with van der Waals surface area (Å²) < 4.78 is 12.8. The second kappa shape index (κ2) is 7.14. The molecule has 0 aliphatic carbocycles. The van der Waals surface area contributed by atoms with Crippen LogP contribution in [0.2, 0.25) is 5.02 Å². The van der Waals surface area contributed by atoms with Crippen LogP contribution in [0.1, 0.15) is 29.3 Å². The van der Waals surface area contributed by atoms with Crippen molar-refractivity contribution in [1.29, 1.82) is 0 Å². The fraction of sp³-hybridized carbons (Fsp3) is 0.176. The molecule has 0 saturated carbocycles. The van der Waals surface area contributed by atoms with Gasteiger partial charge in [-0.2, -0.15) is 0 Å². The Morgan fingerprint density at radius 1 is 1.10 bits per heavy atom. The number of rotatable bonds is 5. The molecule has 21 heavy (non-hydrogen) atoms. The number of carbonyl (C=O) groups is 1.